The summed E-state index contributed by atoms with van der Waals surface area (Å²) in [5, 5.41) is 6.65. The number of esters is 1. The van der Waals surface area contributed by atoms with Crippen LogP contribution in [0.5, 0.6) is 0 Å². The van der Waals surface area contributed by atoms with E-state index < -0.39 is 0 Å². The van der Waals surface area contributed by atoms with Crippen LogP contribution >= 0.6 is 0 Å². The second-order valence-corrected chi connectivity index (χ2v) is 3.89. The molecule has 100 valence electrons. The van der Waals surface area contributed by atoms with Crippen LogP contribution < -0.4 is 0 Å². The van der Waals surface area contributed by atoms with E-state index in [2.05, 4.69) is 15.2 Å². The first-order valence-electron chi connectivity index (χ1n) is 5.80. The van der Waals surface area contributed by atoms with Crippen LogP contribution in [0.4, 0.5) is 0 Å². The van der Waals surface area contributed by atoms with Gasteiger partial charge < -0.3 is 9.64 Å². The SMILES string of the molecule is CCOC(=O)CCC(=O)N(C)Cc1n[nH]c(C)n1. The zero-order valence-electron chi connectivity index (χ0n) is 10.9. The first-order valence-corrected chi connectivity index (χ1v) is 5.80. The van der Waals surface area contributed by atoms with Crippen LogP contribution in [-0.4, -0.2) is 45.6 Å². The third-order valence-electron chi connectivity index (χ3n) is 2.30. The van der Waals surface area contributed by atoms with Crippen LogP contribution in [0, 0.1) is 6.92 Å². The minimum absolute atomic E-state index is 0.101. The van der Waals surface area contributed by atoms with Crippen molar-refractivity contribution < 1.29 is 14.3 Å². The molecule has 0 aliphatic carbocycles. The Balaban J connectivity index is 2.35. The summed E-state index contributed by atoms with van der Waals surface area (Å²) in [5.74, 6) is 0.773. The van der Waals surface area contributed by atoms with E-state index in [9.17, 15) is 9.59 Å². The Morgan fingerprint density at radius 2 is 2.11 bits per heavy atom. The minimum Gasteiger partial charge on any atom is -0.466 e. The van der Waals surface area contributed by atoms with Crippen molar-refractivity contribution >= 4 is 11.9 Å². The van der Waals surface area contributed by atoms with Crippen LogP contribution in [0.2, 0.25) is 0 Å². The van der Waals surface area contributed by atoms with Crippen LogP contribution in [0.25, 0.3) is 0 Å². The number of carbonyl (C=O) groups excluding carboxylic acids is 2. The molecule has 1 N–H and O–H groups in total. The van der Waals surface area contributed by atoms with Gasteiger partial charge in [0.1, 0.15) is 5.82 Å². The van der Waals surface area contributed by atoms with Crippen molar-refractivity contribution in [3.63, 3.8) is 0 Å². The number of aryl methyl sites for hydroxylation is 1. The zero-order valence-corrected chi connectivity index (χ0v) is 10.9. The van der Waals surface area contributed by atoms with E-state index in [0.29, 0.717) is 24.8 Å². The number of H-pyrrole nitrogens is 1. The van der Waals surface area contributed by atoms with Gasteiger partial charge >= 0.3 is 5.97 Å². The number of aromatic nitrogens is 3. The number of carbonyl (C=O) groups is 2. The van der Waals surface area contributed by atoms with Gasteiger partial charge in [0.15, 0.2) is 5.82 Å². The van der Waals surface area contributed by atoms with Gasteiger partial charge in [-0.15, -0.1) is 0 Å². The van der Waals surface area contributed by atoms with Gasteiger partial charge in [-0.25, -0.2) is 4.98 Å². The van der Waals surface area contributed by atoms with Gasteiger partial charge in [-0.2, -0.15) is 5.10 Å². The topological polar surface area (TPSA) is 88.2 Å². The Hall–Kier alpha value is -1.92. The summed E-state index contributed by atoms with van der Waals surface area (Å²) in [6.45, 7) is 4.18. The molecule has 0 radical (unpaired) electrons. The molecular weight excluding hydrogens is 236 g/mol. The fourth-order valence-electron chi connectivity index (χ4n) is 1.39. The van der Waals surface area contributed by atoms with Gasteiger partial charge in [-0.05, 0) is 13.8 Å². The Morgan fingerprint density at radius 3 is 2.67 bits per heavy atom. The Labute approximate surface area is 106 Å². The lowest BCUT2D eigenvalue weighted by molar-refractivity contribution is -0.145. The highest BCUT2D eigenvalue weighted by atomic mass is 16.5. The molecular formula is C11H18N4O3. The van der Waals surface area contributed by atoms with E-state index in [1.54, 1.807) is 20.9 Å². The first-order chi connectivity index (χ1) is 8.52. The van der Waals surface area contributed by atoms with Crippen molar-refractivity contribution in [3.8, 4) is 0 Å². The summed E-state index contributed by atoms with van der Waals surface area (Å²) in [5.41, 5.74) is 0. The molecule has 0 fully saturated rings. The lowest BCUT2D eigenvalue weighted by Gasteiger charge is -2.14. The number of hydrogen-bond donors (Lipinski definition) is 1. The molecule has 1 aromatic rings. The molecule has 0 atom stereocenters. The van der Waals surface area contributed by atoms with Gasteiger partial charge in [0.25, 0.3) is 0 Å². The molecule has 18 heavy (non-hydrogen) atoms. The molecule has 0 bridgehead atoms. The van der Waals surface area contributed by atoms with Crippen molar-refractivity contribution in [3.05, 3.63) is 11.6 Å². The Morgan fingerprint density at radius 1 is 1.39 bits per heavy atom. The molecule has 1 rings (SSSR count). The summed E-state index contributed by atoms with van der Waals surface area (Å²) in [7, 11) is 1.65. The third-order valence-corrected chi connectivity index (χ3v) is 2.30. The zero-order chi connectivity index (χ0) is 13.5. The Bertz CT molecular complexity index is 416. The van der Waals surface area contributed by atoms with Crippen LogP contribution in [0.3, 0.4) is 0 Å². The van der Waals surface area contributed by atoms with Crippen molar-refractivity contribution in [1.29, 1.82) is 0 Å². The van der Waals surface area contributed by atoms with E-state index in [4.69, 9.17) is 4.74 Å². The summed E-state index contributed by atoms with van der Waals surface area (Å²) in [6, 6.07) is 0. The van der Waals surface area contributed by atoms with Gasteiger partial charge in [-0.3, -0.25) is 14.7 Å². The quantitative estimate of drug-likeness (QED) is 0.743. The van der Waals surface area contributed by atoms with E-state index in [-0.39, 0.29) is 24.7 Å². The van der Waals surface area contributed by atoms with Crippen molar-refractivity contribution in [2.75, 3.05) is 13.7 Å². The second-order valence-electron chi connectivity index (χ2n) is 3.89. The largest absolute Gasteiger partial charge is 0.466 e. The van der Waals surface area contributed by atoms with Crippen molar-refractivity contribution in [2.45, 2.75) is 33.2 Å². The van der Waals surface area contributed by atoms with Crippen molar-refractivity contribution in [1.82, 2.24) is 20.1 Å². The second kappa shape index (κ2) is 6.73. The lowest BCUT2D eigenvalue weighted by Crippen LogP contribution is -2.27. The molecule has 1 aromatic heterocycles. The lowest BCUT2D eigenvalue weighted by atomic mass is 10.3. The average Bonchev–Trinajstić information content (AvgIpc) is 2.72. The summed E-state index contributed by atoms with van der Waals surface area (Å²) in [4.78, 5) is 28.4. The molecule has 7 nitrogen and oxygen atoms in total. The maximum atomic E-state index is 11.7. The van der Waals surface area contributed by atoms with E-state index >= 15 is 0 Å². The monoisotopic (exact) mass is 254 g/mol. The Kier molecular flexibility index (Phi) is 5.29. The molecule has 0 aliphatic heterocycles. The highest BCUT2D eigenvalue weighted by molar-refractivity contribution is 5.81. The third kappa shape index (κ3) is 4.52. The number of ether oxygens (including phenoxy) is 1. The average molecular weight is 254 g/mol. The summed E-state index contributed by atoms with van der Waals surface area (Å²) >= 11 is 0. The number of aromatic amines is 1. The first kappa shape index (κ1) is 14.1. The van der Waals surface area contributed by atoms with E-state index in [1.807, 2.05) is 0 Å². The van der Waals surface area contributed by atoms with Crippen LogP contribution in [0.1, 0.15) is 31.4 Å². The fraction of sp³-hybridized carbons (Fsp3) is 0.636. The number of rotatable bonds is 6. The molecule has 0 saturated heterocycles. The molecule has 0 unspecified atom stereocenters. The predicted molar refractivity (Wildman–Crippen MR) is 63.5 cm³/mol. The maximum Gasteiger partial charge on any atom is 0.306 e. The fourth-order valence-corrected chi connectivity index (χ4v) is 1.39. The van der Waals surface area contributed by atoms with Crippen LogP contribution in [0.15, 0.2) is 0 Å². The standard InChI is InChI=1S/C11H18N4O3/c1-4-18-11(17)6-5-10(16)15(3)7-9-12-8(2)13-14-9/h4-7H2,1-3H3,(H,12,13,14). The van der Waals surface area contributed by atoms with Gasteiger partial charge in [0.05, 0.1) is 19.6 Å². The number of amides is 1. The molecule has 0 aromatic carbocycles. The highest BCUT2D eigenvalue weighted by Crippen LogP contribution is 2.02. The molecule has 0 spiro atoms. The van der Waals surface area contributed by atoms with Gasteiger partial charge in [-0.1, -0.05) is 0 Å². The number of hydrogen-bond acceptors (Lipinski definition) is 5. The van der Waals surface area contributed by atoms with Gasteiger partial charge in [0, 0.05) is 13.5 Å². The normalized spacial score (nSPS) is 10.2. The molecule has 1 heterocycles. The van der Waals surface area contributed by atoms with E-state index in [0.717, 1.165) is 0 Å². The number of nitrogens with one attached hydrogen (secondary N) is 1. The van der Waals surface area contributed by atoms with Crippen molar-refractivity contribution in [2.24, 2.45) is 0 Å². The van der Waals surface area contributed by atoms with Crippen LogP contribution in [-0.2, 0) is 20.9 Å². The predicted octanol–water partition coefficient (Wildman–Crippen LogP) is 0.415. The van der Waals surface area contributed by atoms with Gasteiger partial charge in [0.2, 0.25) is 5.91 Å². The minimum atomic E-state index is -0.354. The molecule has 0 saturated carbocycles. The van der Waals surface area contributed by atoms with E-state index in [1.165, 1.54) is 4.90 Å². The summed E-state index contributed by atoms with van der Waals surface area (Å²) in [6.07, 6.45) is 0.239. The highest BCUT2D eigenvalue weighted by Gasteiger charge is 2.13. The smallest absolute Gasteiger partial charge is 0.306 e. The number of nitrogens with zero attached hydrogens (tertiary/aromatic N) is 3. The summed E-state index contributed by atoms with van der Waals surface area (Å²) < 4.78 is 4.75. The molecule has 1 amide bonds. The molecule has 7 heteroatoms. The maximum absolute atomic E-state index is 11.7. The molecule has 0 aliphatic rings.